The molecule has 0 atom stereocenters. The van der Waals surface area contributed by atoms with Gasteiger partial charge in [-0.25, -0.2) is 9.89 Å². The minimum absolute atomic E-state index is 0.00658. The monoisotopic (exact) mass is 241 g/mol. The van der Waals surface area contributed by atoms with Gasteiger partial charge in [0.15, 0.2) is 0 Å². The van der Waals surface area contributed by atoms with Gasteiger partial charge in [-0.1, -0.05) is 6.92 Å². The zero-order valence-corrected chi connectivity index (χ0v) is 9.50. The highest BCUT2D eigenvalue weighted by atomic mass is 16.2. The normalized spacial score (nSPS) is 9.94. The van der Waals surface area contributed by atoms with E-state index in [1.807, 2.05) is 11.9 Å². The summed E-state index contributed by atoms with van der Waals surface area (Å²) in [6.45, 7) is 2.87. The number of hydrogen-bond donors (Lipinski definition) is 4. The van der Waals surface area contributed by atoms with Crippen LogP contribution in [0, 0.1) is 0 Å². The van der Waals surface area contributed by atoms with Crippen molar-refractivity contribution in [3.05, 3.63) is 20.8 Å². The van der Waals surface area contributed by atoms with E-state index in [-0.39, 0.29) is 24.7 Å². The predicted molar refractivity (Wildman–Crippen MR) is 61.9 cm³/mol. The Morgan fingerprint density at radius 1 is 1.35 bits per heavy atom. The highest BCUT2D eigenvalue weighted by Gasteiger charge is 2.03. The first-order valence-electron chi connectivity index (χ1n) is 5.33. The lowest BCUT2D eigenvalue weighted by Gasteiger charge is -2.04. The minimum Gasteiger partial charge on any atom is -0.364 e. The van der Waals surface area contributed by atoms with Crippen LogP contribution in [0.5, 0.6) is 0 Å². The van der Waals surface area contributed by atoms with Gasteiger partial charge in [-0.3, -0.25) is 14.6 Å². The van der Waals surface area contributed by atoms with E-state index >= 15 is 0 Å². The highest BCUT2D eigenvalue weighted by Crippen LogP contribution is 1.88. The number of nitrogens with zero attached hydrogens (tertiary/aromatic N) is 1. The molecule has 0 aromatic carbocycles. The maximum Gasteiger partial charge on any atom is 0.342 e. The summed E-state index contributed by atoms with van der Waals surface area (Å²) in [6.07, 6.45) is 1.11. The van der Waals surface area contributed by atoms with Crippen molar-refractivity contribution in [2.75, 3.05) is 18.4 Å². The smallest absolute Gasteiger partial charge is 0.342 e. The maximum atomic E-state index is 11.2. The van der Waals surface area contributed by atoms with E-state index in [2.05, 4.69) is 20.8 Å². The van der Waals surface area contributed by atoms with Gasteiger partial charge in [0.05, 0.1) is 0 Å². The molecule has 8 heteroatoms. The molecular weight excluding hydrogens is 226 g/mol. The van der Waals surface area contributed by atoms with Gasteiger partial charge in [0.2, 0.25) is 11.7 Å². The zero-order valence-electron chi connectivity index (χ0n) is 9.50. The van der Waals surface area contributed by atoms with E-state index in [4.69, 9.17) is 0 Å². The second kappa shape index (κ2) is 6.46. The van der Waals surface area contributed by atoms with Crippen LogP contribution in [0.1, 0.15) is 19.8 Å². The first-order chi connectivity index (χ1) is 8.13. The van der Waals surface area contributed by atoms with Gasteiger partial charge < -0.3 is 10.6 Å². The predicted octanol–water partition coefficient (Wildman–Crippen LogP) is -1.21. The Bertz CT molecular complexity index is 478. The van der Waals surface area contributed by atoms with E-state index in [1.165, 1.54) is 0 Å². The second-order valence-corrected chi connectivity index (χ2v) is 3.38. The minimum atomic E-state index is -0.666. The summed E-state index contributed by atoms with van der Waals surface area (Å²) >= 11 is 0. The van der Waals surface area contributed by atoms with E-state index < -0.39 is 11.2 Å². The lowest BCUT2D eigenvalue weighted by molar-refractivity contribution is -0.120. The molecule has 0 aliphatic rings. The van der Waals surface area contributed by atoms with Crippen LogP contribution >= 0.6 is 0 Å². The molecule has 1 aromatic heterocycles. The lowest BCUT2D eigenvalue weighted by atomic mass is 10.3. The topological polar surface area (TPSA) is 120 Å². The number of hydrogen-bond acceptors (Lipinski definition) is 5. The molecule has 4 N–H and O–H groups in total. The molecule has 1 amide bonds. The molecule has 0 unspecified atom stereocenters. The van der Waals surface area contributed by atoms with Crippen LogP contribution < -0.4 is 21.9 Å². The van der Waals surface area contributed by atoms with Crippen LogP contribution in [0.3, 0.4) is 0 Å². The fourth-order valence-electron chi connectivity index (χ4n) is 1.11. The Morgan fingerprint density at radius 2 is 2.12 bits per heavy atom. The lowest BCUT2D eigenvalue weighted by Crippen LogP contribution is -2.29. The Balaban J connectivity index is 2.38. The van der Waals surface area contributed by atoms with Gasteiger partial charge in [-0.05, 0) is 6.42 Å². The Labute approximate surface area is 96.8 Å². The molecule has 0 bridgehead atoms. The number of rotatable bonds is 6. The van der Waals surface area contributed by atoms with E-state index in [1.54, 1.807) is 0 Å². The molecular formula is C9H15N5O3. The van der Waals surface area contributed by atoms with E-state index in [9.17, 15) is 14.4 Å². The molecule has 0 saturated carbocycles. The fraction of sp³-hybridized carbons (Fsp3) is 0.556. The molecule has 0 saturated heterocycles. The van der Waals surface area contributed by atoms with E-state index in [0.717, 1.165) is 6.42 Å². The van der Waals surface area contributed by atoms with Gasteiger partial charge >= 0.3 is 5.69 Å². The largest absolute Gasteiger partial charge is 0.364 e. The van der Waals surface area contributed by atoms with Crippen LogP contribution in [0.15, 0.2) is 9.59 Å². The summed E-state index contributed by atoms with van der Waals surface area (Å²) in [5, 5.41) is 11.0. The molecule has 0 radical (unpaired) electrons. The van der Waals surface area contributed by atoms with Crippen molar-refractivity contribution >= 4 is 11.7 Å². The maximum absolute atomic E-state index is 11.2. The molecule has 1 aromatic rings. The summed E-state index contributed by atoms with van der Waals surface area (Å²) in [4.78, 5) is 35.1. The van der Waals surface area contributed by atoms with E-state index in [0.29, 0.717) is 6.54 Å². The zero-order chi connectivity index (χ0) is 12.7. The third-order valence-corrected chi connectivity index (χ3v) is 1.93. The first-order valence-corrected chi connectivity index (χ1v) is 5.33. The summed E-state index contributed by atoms with van der Waals surface area (Å²) in [5.74, 6) is -0.104. The van der Waals surface area contributed by atoms with Crippen molar-refractivity contribution in [1.29, 1.82) is 0 Å². The van der Waals surface area contributed by atoms with Gasteiger partial charge in [0.25, 0.3) is 5.56 Å². The quantitative estimate of drug-likeness (QED) is 0.498. The van der Waals surface area contributed by atoms with Crippen LogP contribution in [-0.2, 0) is 4.79 Å². The molecule has 0 spiro atoms. The average Bonchev–Trinajstić information content (AvgIpc) is 2.29. The summed E-state index contributed by atoms with van der Waals surface area (Å²) in [7, 11) is 0. The van der Waals surface area contributed by atoms with Gasteiger partial charge in [-0.2, -0.15) is 0 Å². The number of carbonyl (C=O) groups excluding carboxylic acids is 1. The van der Waals surface area contributed by atoms with Crippen LogP contribution in [0.25, 0.3) is 0 Å². The molecule has 1 rings (SSSR count). The number of H-pyrrole nitrogens is 2. The number of nitrogens with one attached hydrogen (secondary N) is 4. The Hall–Kier alpha value is -2.12. The number of carbonyl (C=O) groups is 1. The standard InChI is InChI=1S/C9H15N5O3/c1-2-4-10-6(15)3-5-11-7-8(16)12-9(17)14-13-7/h2-5H2,1H3,(H,10,15)(H,11,13)(H2,12,14,16,17). The molecule has 0 fully saturated rings. The van der Waals surface area contributed by atoms with Crippen molar-refractivity contribution in [2.45, 2.75) is 19.8 Å². The van der Waals surface area contributed by atoms with Crippen molar-refractivity contribution in [3.63, 3.8) is 0 Å². The summed E-state index contributed by atoms with van der Waals surface area (Å²) in [6, 6.07) is 0. The molecule has 17 heavy (non-hydrogen) atoms. The van der Waals surface area contributed by atoms with Crippen molar-refractivity contribution in [2.24, 2.45) is 0 Å². The van der Waals surface area contributed by atoms with Gasteiger partial charge in [0.1, 0.15) is 0 Å². The third-order valence-electron chi connectivity index (χ3n) is 1.93. The Morgan fingerprint density at radius 3 is 2.76 bits per heavy atom. The third kappa shape index (κ3) is 4.49. The number of amides is 1. The summed E-state index contributed by atoms with van der Waals surface area (Å²) in [5.41, 5.74) is -1.27. The number of anilines is 1. The molecule has 0 aliphatic carbocycles. The molecule has 8 nitrogen and oxygen atoms in total. The highest BCUT2D eigenvalue weighted by molar-refractivity contribution is 5.76. The molecule has 0 aliphatic heterocycles. The second-order valence-electron chi connectivity index (χ2n) is 3.38. The van der Waals surface area contributed by atoms with Crippen molar-refractivity contribution in [3.8, 4) is 0 Å². The number of aromatic amines is 2. The van der Waals surface area contributed by atoms with Gasteiger partial charge in [0, 0.05) is 19.5 Å². The van der Waals surface area contributed by atoms with Crippen LogP contribution in [0.2, 0.25) is 0 Å². The van der Waals surface area contributed by atoms with Crippen LogP contribution in [-0.4, -0.2) is 34.2 Å². The van der Waals surface area contributed by atoms with Gasteiger partial charge in [-0.15, -0.1) is 5.10 Å². The first kappa shape index (κ1) is 12.9. The van der Waals surface area contributed by atoms with Crippen LogP contribution in [0.4, 0.5) is 5.82 Å². The molecule has 94 valence electrons. The molecule has 1 heterocycles. The fourth-order valence-corrected chi connectivity index (χ4v) is 1.11. The average molecular weight is 241 g/mol. The summed E-state index contributed by atoms with van der Waals surface area (Å²) < 4.78 is 0. The van der Waals surface area contributed by atoms with Crippen molar-refractivity contribution < 1.29 is 4.79 Å². The Kier molecular flexibility index (Phi) is 4.92. The SMILES string of the molecule is CCCNC(=O)CCNc1n[nH]c(=O)[nH]c1=O. The number of aromatic nitrogens is 3. The van der Waals surface area contributed by atoms with Crippen molar-refractivity contribution in [1.82, 2.24) is 20.5 Å².